The largest absolute Gasteiger partial charge is 0.497 e. The molecule has 1 aliphatic rings. The summed E-state index contributed by atoms with van der Waals surface area (Å²) in [5, 5.41) is 1.05. The van der Waals surface area contributed by atoms with Crippen molar-refractivity contribution in [1.82, 2.24) is 19.9 Å². The van der Waals surface area contributed by atoms with Gasteiger partial charge in [0.05, 0.1) is 30.5 Å². The maximum absolute atomic E-state index is 15.0. The van der Waals surface area contributed by atoms with Crippen molar-refractivity contribution in [2.75, 3.05) is 50.2 Å². The third-order valence-corrected chi connectivity index (χ3v) is 8.68. The van der Waals surface area contributed by atoms with Crippen LogP contribution >= 0.6 is 11.6 Å². The van der Waals surface area contributed by atoms with E-state index >= 15 is 0 Å². The van der Waals surface area contributed by atoms with Crippen LogP contribution in [0.4, 0.5) is 20.8 Å². The number of hydrogen-bond acceptors (Lipinski definition) is 9. The van der Waals surface area contributed by atoms with Gasteiger partial charge in [0.1, 0.15) is 28.7 Å². The highest BCUT2D eigenvalue weighted by molar-refractivity contribution is 6.34. The Morgan fingerprint density at radius 3 is 2.00 bits per heavy atom. The van der Waals surface area contributed by atoms with Gasteiger partial charge in [-0.2, -0.15) is 9.37 Å². The molecule has 0 spiro atoms. The molecule has 260 valence electrons. The van der Waals surface area contributed by atoms with Crippen molar-refractivity contribution in [3.8, 4) is 22.8 Å². The van der Waals surface area contributed by atoms with Gasteiger partial charge < -0.3 is 28.9 Å². The quantitative estimate of drug-likeness (QED) is 0.143. The van der Waals surface area contributed by atoms with Crippen LogP contribution in [0.3, 0.4) is 0 Å². The zero-order valence-corrected chi connectivity index (χ0v) is 29.6. The van der Waals surface area contributed by atoms with Gasteiger partial charge >= 0.3 is 12.2 Å². The first-order chi connectivity index (χ1) is 24.0. The Hall–Kier alpha value is -5.16. The van der Waals surface area contributed by atoms with Crippen LogP contribution in [0.5, 0.6) is 11.5 Å². The first-order valence-corrected chi connectivity index (χ1v) is 16.8. The minimum atomic E-state index is -0.845. The molecule has 3 aromatic carbocycles. The summed E-state index contributed by atoms with van der Waals surface area (Å²) >= 11 is 6.95. The van der Waals surface area contributed by atoms with E-state index in [9.17, 15) is 9.18 Å². The Morgan fingerprint density at radius 2 is 1.44 bits per heavy atom. The molecule has 1 aliphatic heterocycles. The fourth-order valence-corrected chi connectivity index (χ4v) is 6.10. The Balaban J connectivity index is 1.29. The Morgan fingerprint density at radius 1 is 0.840 bits per heavy atom. The molecule has 0 bridgehead atoms. The number of aromatic nitrogens is 3. The zero-order valence-electron chi connectivity index (χ0n) is 28.8. The van der Waals surface area contributed by atoms with Gasteiger partial charge in [0, 0.05) is 50.2 Å². The van der Waals surface area contributed by atoms with Crippen LogP contribution in [0.2, 0.25) is 5.02 Å². The van der Waals surface area contributed by atoms with Crippen LogP contribution in [-0.4, -0.2) is 71.9 Å². The second-order valence-electron chi connectivity index (χ2n) is 13.1. The van der Waals surface area contributed by atoms with Crippen molar-refractivity contribution >= 4 is 40.2 Å². The molecule has 0 unspecified atom stereocenters. The van der Waals surface area contributed by atoms with Crippen molar-refractivity contribution in [2.24, 2.45) is 0 Å². The minimum absolute atomic E-state index is 0.371. The van der Waals surface area contributed by atoms with E-state index in [4.69, 9.17) is 30.8 Å². The number of pyridine rings is 1. The van der Waals surface area contributed by atoms with E-state index < -0.39 is 11.7 Å². The molecular weight excluding hydrogens is 659 g/mol. The molecule has 2 aromatic heterocycles. The lowest BCUT2D eigenvalue weighted by atomic mass is 10.1. The highest BCUT2D eigenvalue weighted by atomic mass is 35.5. The number of amides is 1. The SMILES string of the molecule is COc1ccc(CN(Cc2ccc(OC)cc2)c2cccc(-c3cc4nc(F)nc(N5CCN(C(=O)OC(C)(C)C)CC5)c4cc3Cl)n2)cc1. The average molecular weight is 699 g/mol. The van der Waals surface area contributed by atoms with E-state index in [1.165, 1.54) is 0 Å². The van der Waals surface area contributed by atoms with Crippen LogP contribution in [0.25, 0.3) is 22.2 Å². The Labute approximate surface area is 296 Å². The summed E-state index contributed by atoms with van der Waals surface area (Å²) in [6.45, 7) is 8.40. The van der Waals surface area contributed by atoms with E-state index in [-0.39, 0.29) is 6.09 Å². The maximum Gasteiger partial charge on any atom is 0.410 e. The summed E-state index contributed by atoms with van der Waals surface area (Å²) < 4.78 is 31.2. The van der Waals surface area contributed by atoms with Crippen molar-refractivity contribution in [3.05, 3.63) is 101 Å². The van der Waals surface area contributed by atoms with E-state index in [0.717, 1.165) is 28.4 Å². The molecule has 1 saturated heterocycles. The lowest BCUT2D eigenvalue weighted by Gasteiger charge is -2.36. The van der Waals surface area contributed by atoms with E-state index in [1.807, 2.05) is 92.4 Å². The van der Waals surface area contributed by atoms with Crippen LogP contribution < -0.4 is 19.3 Å². The molecule has 0 atom stereocenters. The lowest BCUT2D eigenvalue weighted by molar-refractivity contribution is 0.0240. The number of ether oxygens (including phenoxy) is 3. The number of carbonyl (C=O) groups is 1. The molecular formula is C38H40ClFN6O4. The van der Waals surface area contributed by atoms with Crippen LogP contribution in [0, 0.1) is 6.08 Å². The van der Waals surface area contributed by atoms with Gasteiger partial charge in [-0.25, -0.2) is 14.8 Å². The first kappa shape index (κ1) is 34.7. The average Bonchev–Trinajstić information content (AvgIpc) is 3.11. The molecule has 50 heavy (non-hydrogen) atoms. The summed E-state index contributed by atoms with van der Waals surface area (Å²) in [6, 6.07) is 25.2. The normalized spacial score (nSPS) is 13.3. The van der Waals surface area contributed by atoms with E-state index in [2.05, 4.69) is 14.9 Å². The van der Waals surface area contributed by atoms with Gasteiger partial charge in [0.15, 0.2) is 0 Å². The van der Waals surface area contributed by atoms with Crippen molar-refractivity contribution in [1.29, 1.82) is 0 Å². The number of nitrogens with zero attached hydrogens (tertiary/aromatic N) is 6. The second kappa shape index (κ2) is 14.8. The van der Waals surface area contributed by atoms with Crippen LogP contribution in [0.15, 0.2) is 78.9 Å². The van der Waals surface area contributed by atoms with Crippen LogP contribution in [0.1, 0.15) is 31.9 Å². The molecule has 5 aromatic rings. The first-order valence-electron chi connectivity index (χ1n) is 16.4. The number of fused-ring (bicyclic) bond motifs is 1. The summed E-state index contributed by atoms with van der Waals surface area (Å²) in [5.74, 6) is 2.74. The second-order valence-corrected chi connectivity index (χ2v) is 13.5. The third-order valence-electron chi connectivity index (χ3n) is 8.37. The van der Waals surface area contributed by atoms with Gasteiger partial charge in [-0.05, 0) is 80.4 Å². The molecule has 12 heteroatoms. The number of benzene rings is 3. The Kier molecular flexibility index (Phi) is 10.2. The monoisotopic (exact) mass is 698 g/mol. The lowest BCUT2D eigenvalue weighted by Crippen LogP contribution is -2.50. The number of anilines is 2. The van der Waals surface area contributed by atoms with Gasteiger partial charge in [0.2, 0.25) is 0 Å². The molecule has 0 aliphatic carbocycles. The summed E-state index contributed by atoms with van der Waals surface area (Å²) in [6.07, 6.45) is -1.22. The Bertz CT molecular complexity index is 1910. The van der Waals surface area contributed by atoms with Crippen LogP contribution in [-0.2, 0) is 17.8 Å². The van der Waals surface area contributed by atoms with E-state index in [1.54, 1.807) is 31.3 Å². The number of carbonyl (C=O) groups excluding carboxylic acids is 1. The predicted molar refractivity (Wildman–Crippen MR) is 194 cm³/mol. The summed E-state index contributed by atoms with van der Waals surface area (Å²) in [4.78, 5) is 31.7. The van der Waals surface area contributed by atoms with Crippen molar-refractivity contribution in [3.63, 3.8) is 0 Å². The molecule has 0 N–H and O–H groups in total. The highest BCUT2D eigenvalue weighted by Crippen LogP contribution is 2.35. The molecule has 0 saturated carbocycles. The number of methoxy groups -OCH3 is 2. The van der Waals surface area contributed by atoms with Crippen molar-refractivity contribution in [2.45, 2.75) is 39.5 Å². The standard InChI is InChI=1S/C38H40ClFN6O4/c1-38(2,3)50-37(47)45-19-17-44(18-20-45)35-30-21-31(39)29(22-33(30)42-36(40)43-35)32-7-6-8-34(41-32)46(23-25-9-13-27(48-4)14-10-25)24-26-11-15-28(49-5)16-12-26/h6-16,21-22H,17-20,23-24H2,1-5H3. The molecule has 1 fully saturated rings. The number of halogens is 2. The highest BCUT2D eigenvalue weighted by Gasteiger charge is 2.28. The molecule has 1 amide bonds. The zero-order chi connectivity index (χ0) is 35.4. The summed E-state index contributed by atoms with van der Waals surface area (Å²) in [5.41, 5.74) is 3.23. The number of piperazine rings is 1. The van der Waals surface area contributed by atoms with Gasteiger partial charge in [0.25, 0.3) is 0 Å². The molecule has 10 nitrogen and oxygen atoms in total. The molecule has 6 rings (SSSR count). The predicted octanol–water partition coefficient (Wildman–Crippen LogP) is 7.77. The van der Waals surface area contributed by atoms with E-state index in [0.29, 0.717) is 72.3 Å². The maximum atomic E-state index is 15.0. The van der Waals surface area contributed by atoms with Gasteiger partial charge in [-0.15, -0.1) is 0 Å². The van der Waals surface area contributed by atoms with Gasteiger partial charge in [-0.3, -0.25) is 0 Å². The fraction of sp³-hybridized carbons (Fsp3) is 0.316. The smallest absolute Gasteiger partial charge is 0.410 e. The molecule has 0 radical (unpaired) electrons. The number of rotatable bonds is 9. The summed E-state index contributed by atoms with van der Waals surface area (Å²) in [7, 11) is 3.29. The third kappa shape index (κ3) is 8.16. The minimum Gasteiger partial charge on any atom is -0.497 e. The topological polar surface area (TPSA) is 93.2 Å². The van der Waals surface area contributed by atoms with Gasteiger partial charge in [-0.1, -0.05) is 41.9 Å². The fourth-order valence-electron chi connectivity index (χ4n) is 5.84. The number of hydrogen-bond donors (Lipinski definition) is 0. The van der Waals surface area contributed by atoms with Crippen molar-refractivity contribution < 1.29 is 23.4 Å². The molecule has 3 heterocycles.